The highest BCUT2D eigenvalue weighted by atomic mass is 16.2. The molecule has 0 spiro atoms. The number of carbonyl (C=O) groups is 2. The smallest absolute Gasteiger partial charge is 0.278 e. The van der Waals surface area contributed by atoms with Crippen molar-refractivity contribution in [2.45, 2.75) is 20.3 Å². The number of imide groups is 1. The quantitative estimate of drug-likeness (QED) is 0.613. The van der Waals surface area contributed by atoms with Crippen molar-refractivity contribution in [1.29, 1.82) is 0 Å². The highest BCUT2D eigenvalue weighted by Gasteiger charge is 2.39. The minimum Gasteiger partial charge on any atom is -0.350 e. The Kier molecular flexibility index (Phi) is 5.48. The Bertz CT molecular complexity index is 1120. The number of anilines is 1. The lowest BCUT2D eigenvalue weighted by Crippen LogP contribution is -2.34. The van der Waals surface area contributed by atoms with Crippen LogP contribution in [-0.2, 0) is 16.0 Å². The van der Waals surface area contributed by atoms with E-state index in [1.54, 1.807) is 0 Å². The summed E-state index contributed by atoms with van der Waals surface area (Å²) in [5.74, 6) is -0.531. The number of amides is 2. The Morgan fingerprint density at radius 2 is 1.47 bits per heavy atom. The number of carbonyl (C=O) groups excluding carboxylic acids is 2. The number of aryl methyl sites for hydroxylation is 2. The largest absolute Gasteiger partial charge is 0.350 e. The number of hydrogen-bond acceptors (Lipinski definition) is 3. The number of rotatable bonds is 6. The van der Waals surface area contributed by atoms with Crippen LogP contribution in [0.2, 0.25) is 0 Å². The molecule has 0 fully saturated rings. The van der Waals surface area contributed by atoms with Crippen LogP contribution in [0.1, 0.15) is 22.3 Å². The maximum atomic E-state index is 13.4. The van der Waals surface area contributed by atoms with Crippen molar-refractivity contribution in [3.05, 3.63) is 107 Å². The highest BCUT2D eigenvalue weighted by molar-refractivity contribution is 6.36. The lowest BCUT2D eigenvalue weighted by molar-refractivity contribution is -0.136. The maximum Gasteiger partial charge on any atom is 0.278 e. The summed E-state index contributed by atoms with van der Waals surface area (Å²) in [6.45, 7) is 4.33. The minimum atomic E-state index is -0.283. The molecule has 0 radical (unpaired) electrons. The predicted molar refractivity (Wildman–Crippen MR) is 120 cm³/mol. The number of para-hydroxylation sites is 1. The van der Waals surface area contributed by atoms with Crippen molar-refractivity contribution in [1.82, 2.24) is 4.90 Å². The van der Waals surface area contributed by atoms with Crippen molar-refractivity contribution >= 4 is 23.1 Å². The monoisotopic (exact) mass is 396 g/mol. The van der Waals surface area contributed by atoms with Gasteiger partial charge in [0.2, 0.25) is 0 Å². The van der Waals surface area contributed by atoms with Crippen LogP contribution >= 0.6 is 0 Å². The van der Waals surface area contributed by atoms with Crippen molar-refractivity contribution in [3.63, 3.8) is 0 Å². The summed E-state index contributed by atoms with van der Waals surface area (Å²) < 4.78 is 0. The molecule has 0 aromatic heterocycles. The van der Waals surface area contributed by atoms with Crippen LogP contribution in [0.4, 0.5) is 5.69 Å². The first-order valence-electron chi connectivity index (χ1n) is 10.1. The normalized spacial score (nSPS) is 13.9. The lowest BCUT2D eigenvalue weighted by atomic mass is 9.97. The van der Waals surface area contributed by atoms with Crippen molar-refractivity contribution in [2.24, 2.45) is 0 Å². The van der Waals surface area contributed by atoms with E-state index in [-0.39, 0.29) is 11.8 Å². The molecule has 1 aliphatic heterocycles. The van der Waals surface area contributed by atoms with E-state index in [1.807, 2.05) is 92.7 Å². The average molecular weight is 396 g/mol. The first kappa shape index (κ1) is 19.6. The zero-order valence-electron chi connectivity index (χ0n) is 17.2. The van der Waals surface area contributed by atoms with Crippen LogP contribution in [-0.4, -0.2) is 23.3 Å². The van der Waals surface area contributed by atoms with E-state index in [0.29, 0.717) is 24.2 Å². The number of benzene rings is 3. The Morgan fingerprint density at radius 3 is 2.13 bits per heavy atom. The van der Waals surface area contributed by atoms with E-state index in [4.69, 9.17) is 0 Å². The van der Waals surface area contributed by atoms with Crippen LogP contribution < -0.4 is 5.32 Å². The van der Waals surface area contributed by atoms with Gasteiger partial charge in [-0.15, -0.1) is 0 Å². The maximum absolute atomic E-state index is 13.4. The lowest BCUT2D eigenvalue weighted by Gasteiger charge is -2.15. The predicted octanol–water partition coefficient (Wildman–Crippen LogP) is 4.74. The first-order valence-corrected chi connectivity index (χ1v) is 10.1. The summed E-state index contributed by atoms with van der Waals surface area (Å²) >= 11 is 0. The van der Waals surface area contributed by atoms with Gasteiger partial charge in [0.15, 0.2) is 0 Å². The van der Waals surface area contributed by atoms with Crippen LogP contribution in [0.25, 0.3) is 5.57 Å². The van der Waals surface area contributed by atoms with Gasteiger partial charge in [-0.2, -0.15) is 0 Å². The molecule has 2 amide bonds. The second kappa shape index (κ2) is 8.37. The van der Waals surface area contributed by atoms with Crippen molar-refractivity contribution in [3.8, 4) is 0 Å². The number of hydrogen-bond donors (Lipinski definition) is 1. The van der Waals surface area contributed by atoms with E-state index in [9.17, 15) is 9.59 Å². The topological polar surface area (TPSA) is 49.4 Å². The van der Waals surface area contributed by atoms with Gasteiger partial charge in [0, 0.05) is 12.2 Å². The fourth-order valence-electron chi connectivity index (χ4n) is 3.79. The zero-order valence-corrected chi connectivity index (χ0v) is 17.2. The van der Waals surface area contributed by atoms with Crippen LogP contribution in [0, 0.1) is 13.8 Å². The third-order valence-corrected chi connectivity index (χ3v) is 5.33. The molecule has 1 aliphatic rings. The summed E-state index contributed by atoms with van der Waals surface area (Å²) in [6.07, 6.45) is 0.622. The molecule has 150 valence electrons. The molecule has 30 heavy (non-hydrogen) atoms. The standard InChI is InChI=1S/C26H24N2O2/c1-18-13-14-22(19(2)17-18)23-24(27-21-11-7-4-8-12-21)26(30)28(25(23)29)16-15-20-9-5-3-6-10-20/h3-14,17,27H,15-16H2,1-2H3. The van der Waals surface area contributed by atoms with Crippen LogP contribution in [0.3, 0.4) is 0 Å². The van der Waals surface area contributed by atoms with Crippen LogP contribution in [0.5, 0.6) is 0 Å². The Balaban J connectivity index is 1.70. The molecule has 0 aliphatic carbocycles. The van der Waals surface area contributed by atoms with E-state index in [1.165, 1.54) is 4.90 Å². The molecule has 4 rings (SSSR count). The van der Waals surface area contributed by atoms with Gasteiger partial charge in [0.1, 0.15) is 5.70 Å². The molecule has 3 aromatic rings. The molecule has 0 bridgehead atoms. The van der Waals surface area contributed by atoms with Gasteiger partial charge in [-0.1, -0.05) is 72.3 Å². The van der Waals surface area contributed by atoms with E-state index >= 15 is 0 Å². The molecule has 3 aromatic carbocycles. The summed E-state index contributed by atoms with van der Waals surface area (Å²) in [6, 6.07) is 25.3. The fourth-order valence-corrected chi connectivity index (χ4v) is 3.79. The summed E-state index contributed by atoms with van der Waals surface area (Å²) in [5.41, 5.74) is 5.53. The Labute approximate surface area is 176 Å². The van der Waals surface area contributed by atoms with E-state index in [0.717, 1.165) is 27.9 Å². The molecule has 0 atom stereocenters. The third kappa shape index (κ3) is 3.90. The van der Waals surface area contributed by atoms with E-state index < -0.39 is 0 Å². The van der Waals surface area contributed by atoms with Gasteiger partial charge in [0.05, 0.1) is 5.57 Å². The van der Waals surface area contributed by atoms with Crippen molar-refractivity contribution in [2.75, 3.05) is 11.9 Å². The van der Waals surface area contributed by atoms with Crippen molar-refractivity contribution < 1.29 is 9.59 Å². The fraction of sp³-hybridized carbons (Fsp3) is 0.154. The average Bonchev–Trinajstić information content (AvgIpc) is 2.98. The van der Waals surface area contributed by atoms with Gasteiger partial charge in [-0.25, -0.2) is 0 Å². The summed E-state index contributed by atoms with van der Waals surface area (Å²) in [5, 5.41) is 3.21. The molecule has 0 saturated carbocycles. The summed E-state index contributed by atoms with van der Waals surface area (Å²) in [7, 11) is 0. The Morgan fingerprint density at radius 1 is 0.800 bits per heavy atom. The second-order valence-corrected chi connectivity index (χ2v) is 7.56. The molecular weight excluding hydrogens is 372 g/mol. The summed E-state index contributed by atoms with van der Waals surface area (Å²) in [4.78, 5) is 28.0. The zero-order chi connectivity index (χ0) is 21.1. The minimum absolute atomic E-state index is 0.249. The molecule has 0 saturated heterocycles. The SMILES string of the molecule is Cc1ccc(C2=C(Nc3ccccc3)C(=O)N(CCc3ccccc3)C2=O)c(C)c1. The Hall–Kier alpha value is -3.66. The van der Waals surface area contributed by atoms with Crippen LogP contribution in [0.15, 0.2) is 84.6 Å². The molecule has 1 N–H and O–H groups in total. The molecule has 1 heterocycles. The van der Waals surface area contributed by atoms with Gasteiger partial charge in [-0.05, 0) is 49.1 Å². The molecular formula is C26H24N2O2. The molecule has 4 heteroatoms. The van der Waals surface area contributed by atoms with Gasteiger partial charge < -0.3 is 5.32 Å². The van der Waals surface area contributed by atoms with E-state index in [2.05, 4.69) is 5.32 Å². The third-order valence-electron chi connectivity index (χ3n) is 5.33. The second-order valence-electron chi connectivity index (χ2n) is 7.56. The number of nitrogens with zero attached hydrogens (tertiary/aromatic N) is 1. The molecule has 4 nitrogen and oxygen atoms in total. The van der Waals surface area contributed by atoms with Gasteiger partial charge in [-0.3, -0.25) is 14.5 Å². The highest BCUT2D eigenvalue weighted by Crippen LogP contribution is 2.32. The molecule has 0 unspecified atom stereocenters. The number of nitrogens with one attached hydrogen (secondary N) is 1. The van der Waals surface area contributed by atoms with Gasteiger partial charge >= 0.3 is 0 Å². The van der Waals surface area contributed by atoms with Gasteiger partial charge in [0.25, 0.3) is 11.8 Å². The first-order chi connectivity index (χ1) is 14.5.